The van der Waals surface area contributed by atoms with Gasteiger partial charge in [-0.15, -0.1) is 11.3 Å². The lowest BCUT2D eigenvalue weighted by Crippen LogP contribution is -2.14. The van der Waals surface area contributed by atoms with E-state index in [1.165, 1.54) is 47.7 Å². The number of anilines is 1. The van der Waals surface area contributed by atoms with Crippen LogP contribution in [-0.2, 0) is 14.6 Å². The predicted molar refractivity (Wildman–Crippen MR) is 113 cm³/mol. The van der Waals surface area contributed by atoms with E-state index in [0.29, 0.717) is 15.6 Å². The zero-order valence-electron chi connectivity index (χ0n) is 16.3. The van der Waals surface area contributed by atoms with E-state index >= 15 is 0 Å². The Morgan fingerprint density at radius 3 is 2.43 bits per heavy atom. The van der Waals surface area contributed by atoms with Crippen molar-refractivity contribution in [2.24, 2.45) is 0 Å². The summed E-state index contributed by atoms with van der Waals surface area (Å²) in [5.41, 5.74) is 0.979. The molecule has 0 aliphatic heterocycles. The summed E-state index contributed by atoms with van der Waals surface area (Å²) < 4.78 is 35.7. The van der Waals surface area contributed by atoms with Crippen LogP contribution in [0, 0.1) is 13.8 Å². The number of hydrogen-bond donors (Lipinski definition) is 1. The molecule has 0 spiro atoms. The molecule has 0 atom stereocenters. The molecule has 1 N–H and O–H groups in total. The molecule has 30 heavy (non-hydrogen) atoms. The van der Waals surface area contributed by atoms with Crippen LogP contribution in [-0.4, -0.2) is 26.9 Å². The summed E-state index contributed by atoms with van der Waals surface area (Å²) in [5.74, 6) is -1.43. The van der Waals surface area contributed by atoms with Gasteiger partial charge in [0.2, 0.25) is 14.9 Å². The normalized spacial score (nSPS) is 11.3. The first-order valence-corrected chi connectivity index (χ1v) is 11.5. The van der Waals surface area contributed by atoms with Crippen LogP contribution in [0.15, 0.2) is 50.8 Å². The van der Waals surface area contributed by atoms with Gasteiger partial charge < -0.3 is 14.5 Å². The molecule has 158 valence electrons. The number of hydrogen-bond acceptors (Lipinski definition) is 7. The maximum Gasteiger partial charge on any atom is 0.341 e. The number of rotatable bonds is 6. The molecule has 0 bridgehead atoms. The van der Waals surface area contributed by atoms with E-state index < -0.39 is 21.7 Å². The summed E-state index contributed by atoms with van der Waals surface area (Å²) in [5, 5.41) is 2.94. The van der Waals surface area contributed by atoms with Crippen molar-refractivity contribution in [2.45, 2.75) is 30.8 Å². The van der Waals surface area contributed by atoms with E-state index in [-0.39, 0.29) is 27.9 Å². The number of aryl methyl sites for hydroxylation is 1. The smallest absolute Gasteiger partial charge is 0.341 e. The van der Waals surface area contributed by atoms with E-state index in [4.69, 9.17) is 20.8 Å². The zero-order chi connectivity index (χ0) is 22.1. The van der Waals surface area contributed by atoms with Crippen molar-refractivity contribution in [2.75, 3.05) is 11.9 Å². The van der Waals surface area contributed by atoms with Gasteiger partial charge >= 0.3 is 5.97 Å². The van der Waals surface area contributed by atoms with Crippen LogP contribution in [0.4, 0.5) is 5.00 Å². The van der Waals surface area contributed by atoms with Gasteiger partial charge in [0, 0.05) is 9.90 Å². The molecule has 1 aromatic carbocycles. The first-order chi connectivity index (χ1) is 14.1. The van der Waals surface area contributed by atoms with Crippen molar-refractivity contribution < 1.29 is 27.2 Å². The van der Waals surface area contributed by atoms with Crippen molar-refractivity contribution in [3.8, 4) is 0 Å². The number of esters is 1. The molecule has 10 heteroatoms. The molecule has 7 nitrogen and oxygen atoms in total. The highest BCUT2D eigenvalue weighted by atomic mass is 35.5. The van der Waals surface area contributed by atoms with Gasteiger partial charge in [-0.3, -0.25) is 4.79 Å². The molecular weight excluding hydrogens is 450 g/mol. The Balaban J connectivity index is 1.87. The molecule has 3 rings (SSSR count). The molecule has 0 radical (unpaired) electrons. The number of amides is 1. The second-order valence-electron chi connectivity index (χ2n) is 6.24. The predicted octanol–water partition coefficient (Wildman–Crippen LogP) is 4.87. The standard InChI is InChI=1S/C20H18ClNO6S2/c1-4-27-20(24)17-11(2)12(3)29-19(17)22-18(23)15-9-10-16(28-15)30(25,26)14-7-5-13(21)6-8-14/h5-10H,4H2,1-3H3,(H,22,23). The minimum Gasteiger partial charge on any atom is -0.462 e. The number of furan rings is 1. The monoisotopic (exact) mass is 467 g/mol. The lowest BCUT2D eigenvalue weighted by atomic mass is 10.1. The van der Waals surface area contributed by atoms with Crippen LogP contribution in [0.5, 0.6) is 0 Å². The molecule has 0 aliphatic carbocycles. The maximum atomic E-state index is 12.7. The quantitative estimate of drug-likeness (QED) is 0.518. The Bertz CT molecular complexity index is 1210. The fraction of sp³-hybridized carbons (Fsp3) is 0.200. The Labute approximate surface area is 182 Å². The van der Waals surface area contributed by atoms with Gasteiger partial charge in [-0.25, -0.2) is 13.2 Å². The van der Waals surface area contributed by atoms with Gasteiger partial charge in [-0.1, -0.05) is 11.6 Å². The number of thiophene rings is 1. The summed E-state index contributed by atoms with van der Waals surface area (Å²) in [4.78, 5) is 25.7. The number of ether oxygens (including phenoxy) is 1. The van der Waals surface area contributed by atoms with Crippen molar-refractivity contribution in [1.29, 1.82) is 0 Å². The van der Waals surface area contributed by atoms with E-state index in [2.05, 4.69) is 5.32 Å². The second-order valence-corrected chi connectivity index (χ2v) is 9.78. The molecule has 2 aromatic heterocycles. The van der Waals surface area contributed by atoms with Crippen molar-refractivity contribution >= 4 is 49.7 Å². The molecule has 3 aromatic rings. The molecule has 0 saturated carbocycles. The summed E-state index contributed by atoms with van der Waals surface area (Å²) in [6.07, 6.45) is 0. The first-order valence-electron chi connectivity index (χ1n) is 8.84. The number of sulfone groups is 1. The third kappa shape index (κ3) is 4.28. The van der Waals surface area contributed by atoms with E-state index in [9.17, 15) is 18.0 Å². The number of benzene rings is 1. The molecule has 0 saturated heterocycles. The number of carbonyl (C=O) groups excluding carboxylic acids is 2. The zero-order valence-corrected chi connectivity index (χ0v) is 18.7. The lowest BCUT2D eigenvalue weighted by Gasteiger charge is -2.06. The summed E-state index contributed by atoms with van der Waals surface area (Å²) in [6.45, 7) is 5.47. The Hall–Kier alpha value is -2.62. The van der Waals surface area contributed by atoms with Gasteiger partial charge in [0.05, 0.1) is 17.1 Å². The van der Waals surface area contributed by atoms with E-state index in [1.54, 1.807) is 13.8 Å². The van der Waals surface area contributed by atoms with Crippen molar-refractivity contribution in [3.63, 3.8) is 0 Å². The van der Waals surface area contributed by atoms with Crippen LogP contribution in [0.1, 0.15) is 38.3 Å². The lowest BCUT2D eigenvalue weighted by molar-refractivity contribution is 0.0527. The van der Waals surface area contributed by atoms with Crippen LogP contribution in [0.25, 0.3) is 0 Å². The molecule has 0 aliphatic rings. The fourth-order valence-electron chi connectivity index (χ4n) is 2.65. The van der Waals surface area contributed by atoms with Crippen molar-refractivity contribution in [3.05, 3.63) is 63.2 Å². The summed E-state index contributed by atoms with van der Waals surface area (Å²) >= 11 is 7.02. The first kappa shape index (κ1) is 22.1. The van der Waals surface area contributed by atoms with Crippen LogP contribution in [0.2, 0.25) is 5.02 Å². The van der Waals surface area contributed by atoms with Gasteiger partial charge in [0.25, 0.3) is 5.91 Å². The molecule has 1 amide bonds. The fourth-order valence-corrected chi connectivity index (χ4v) is 4.99. The van der Waals surface area contributed by atoms with Gasteiger partial charge in [-0.05, 0) is 62.7 Å². The van der Waals surface area contributed by atoms with E-state index in [1.807, 2.05) is 6.92 Å². The average Bonchev–Trinajstić information content (AvgIpc) is 3.29. The maximum absolute atomic E-state index is 12.7. The molecule has 0 fully saturated rings. The number of halogens is 1. The van der Waals surface area contributed by atoms with Gasteiger partial charge in [0.15, 0.2) is 5.76 Å². The topological polar surface area (TPSA) is 103 Å². The second kappa shape index (κ2) is 8.63. The molecule has 0 unspecified atom stereocenters. The SMILES string of the molecule is CCOC(=O)c1c(NC(=O)c2ccc(S(=O)(=O)c3ccc(Cl)cc3)o2)sc(C)c1C. The average molecular weight is 468 g/mol. The summed E-state index contributed by atoms with van der Waals surface area (Å²) in [6, 6.07) is 8.06. The third-order valence-corrected chi connectivity index (χ3v) is 7.30. The minimum absolute atomic E-state index is 0.0117. The number of carbonyl (C=O) groups is 2. The highest BCUT2D eigenvalue weighted by Gasteiger charge is 2.26. The van der Waals surface area contributed by atoms with Crippen LogP contribution < -0.4 is 5.32 Å². The van der Waals surface area contributed by atoms with Gasteiger partial charge in [-0.2, -0.15) is 0 Å². The highest BCUT2D eigenvalue weighted by molar-refractivity contribution is 7.91. The molecular formula is C20H18ClNO6S2. The summed E-state index contributed by atoms with van der Waals surface area (Å²) in [7, 11) is -3.95. The third-order valence-electron chi connectivity index (χ3n) is 4.29. The van der Waals surface area contributed by atoms with Crippen LogP contribution in [0.3, 0.4) is 0 Å². The number of nitrogens with one attached hydrogen (secondary N) is 1. The van der Waals surface area contributed by atoms with E-state index in [0.717, 1.165) is 4.88 Å². The minimum atomic E-state index is -3.95. The van der Waals surface area contributed by atoms with Crippen molar-refractivity contribution in [1.82, 2.24) is 0 Å². The highest BCUT2D eigenvalue weighted by Crippen LogP contribution is 2.33. The molecule has 2 heterocycles. The Morgan fingerprint density at radius 2 is 1.80 bits per heavy atom. The van der Waals surface area contributed by atoms with Gasteiger partial charge in [0.1, 0.15) is 5.00 Å². The Morgan fingerprint density at radius 1 is 1.13 bits per heavy atom. The largest absolute Gasteiger partial charge is 0.462 e. The van der Waals surface area contributed by atoms with Crippen LogP contribution >= 0.6 is 22.9 Å². The Kier molecular flexibility index (Phi) is 6.35.